The number of hydrogen-bond acceptors (Lipinski definition) is 5. The maximum atomic E-state index is 11.9. The third-order valence-electron chi connectivity index (χ3n) is 2.76. The van der Waals surface area contributed by atoms with Gasteiger partial charge in [0.2, 0.25) is 5.91 Å². The van der Waals surface area contributed by atoms with Gasteiger partial charge in [-0.1, -0.05) is 17.4 Å². The van der Waals surface area contributed by atoms with E-state index in [2.05, 4.69) is 21.5 Å². The van der Waals surface area contributed by atoms with Crippen molar-refractivity contribution in [2.45, 2.75) is 13.5 Å². The number of nitrogens with zero attached hydrogens (tertiary/aromatic N) is 3. The molecule has 3 aromatic rings. The van der Waals surface area contributed by atoms with Gasteiger partial charge in [-0.25, -0.2) is 4.98 Å². The molecule has 0 saturated carbocycles. The Bertz CT molecular complexity index is 776. The number of anilines is 2. The first-order valence-corrected chi connectivity index (χ1v) is 6.88. The number of amides is 1. The quantitative estimate of drug-likeness (QED) is 0.771. The molecule has 0 spiro atoms. The van der Waals surface area contributed by atoms with Gasteiger partial charge in [0.15, 0.2) is 5.13 Å². The summed E-state index contributed by atoms with van der Waals surface area (Å²) >= 11 is 1.46. The second-order valence-electron chi connectivity index (χ2n) is 4.48. The van der Waals surface area contributed by atoms with E-state index in [1.165, 1.54) is 21.6 Å². The highest BCUT2D eigenvalue weighted by atomic mass is 32.1. The lowest BCUT2D eigenvalue weighted by Gasteiger charge is -2.01. The molecular formula is C13H13N5OS. The van der Waals surface area contributed by atoms with Crippen LogP contribution in [0.4, 0.5) is 10.9 Å². The van der Waals surface area contributed by atoms with Crippen LogP contribution in [0, 0.1) is 6.92 Å². The molecule has 3 rings (SSSR count). The molecule has 3 N–H and O–H groups in total. The maximum Gasteiger partial charge on any atom is 0.247 e. The summed E-state index contributed by atoms with van der Waals surface area (Å²) in [6.45, 7) is 2.14. The standard InChI is InChI=1S/C13H13N5OS/c1-8-2-3-9-10(6-8)20-13(15-9)16-12(19)7-18-5-4-11(14)17-18/h2-6H,7H2,1H3,(H2,14,17)(H,15,16,19). The van der Waals surface area contributed by atoms with Crippen molar-refractivity contribution < 1.29 is 4.79 Å². The van der Waals surface area contributed by atoms with E-state index in [0.717, 1.165) is 10.2 Å². The molecule has 0 bridgehead atoms. The summed E-state index contributed by atoms with van der Waals surface area (Å²) in [5, 5.41) is 7.33. The van der Waals surface area contributed by atoms with Crippen LogP contribution in [-0.2, 0) is 11.3 Å². The van der Waals surface area contributed by atoms with E-state index in [4.69, 9.17) is 5.73 Å². The summed E-state index contributed by atoms with van der Waals surface area (Å²) in [6.07, 6.45) is 1.66. The van der Waals surface area contributed by atoms with E-state index in [-0.39, 0.29) is 12.5 Å². The fourth-order valence-corrected chi connectivity index (χ4v) is 2.84. The molecule has 20 heavy (non-hydrogen) atoms. The Balaban J connectivity index is 1.73. The first-order valence-electron chi connectivity index (χ1n) is 6.06. The van der Waals surface area contributed by atoms with Crippen molar-refractivity contribution in [1.29, 1.82) is 0 Å². The van der Waals surface area contributed by atoms with E-state index < -0.39 is 0 Å². The smallest absolute Gasteiger partial charge is 0.247 e. The molecule has 6 nitrogen and oxygen atoms in total. The van der Waals surface area contributed by atoms with Crippen molar-refractivity contribution in [2.24, 2.45) is 0 Å². The molecule has 0 aliphatic rings. The van der Waals surface area contributed by atoms with Gasteiger partial charge in [-0.2, -0.15) is 5.10 Å². The molecule has 0 atom stereocenters. The lowest BCUT2D eigenvalue weighted by Crippen LogP contribution is -2.19. The highest BCUT2D eigenvalue weighted by Crippen LogP contribution is 2.26. The summed E-state index contributed by atoms with van der Waals surface area (Å²) in [7, 11) is 0. The maximum absolute atomic E-state index is 11.9. The Labute approximate surface area is 119 Å². The molecule has 0 radical (unpaired) electrons. The largest absolute Gasteiger partial charge is 0.382 e. The van der Waals surface area contributed by atoms with Crippen LogP contribution < -0.4 is 11.1 Å². The molecule has 0 fully saturated rings. The van der Waals surface area contributed by atoms with Gasteiger partial charge < -0.3 is 11.1 Å². The van der Waals surface area contributed by atoms with Crippen molar-refractivity contribution >= 4 is 38.4 Å². The topological polar surface area (TPSA) is 85.8 Å². The zero-order valence-corrected chi connectivity index (χ0v) is 11.6. The summed E-state index contributed by atoms with van der Waals surface area (Å²) in [5.74, 6) is 0.220. The SMILES string of the molecule is Cc1ccc2nc(NC(=O)Cn3ccc(N)n3)sc2c1. The van der Waals surface area contributed by atoms with Crippen LogP contribution in [0.3, 0.4) is 0 Å². The molecule has 0 saturated heterocycles. The van der Waals surface area contributed by atoms with Crippen molar-refractivity contribution in [3.8, 4) is 0 Å². The van der Waals surface area contributed by atoms with Gasteiger partial charge in [0, 0.05) is 6.20 Å². The van der Waals surface area contributed by atoms with Crippen LogP contribution in [0.5, 0.6) is 0 Å². The molecule has 7 heteroatoms. The number of aryl methyl sites for hydroxylation is 1. The highest BCUT2D eigenvalue weighted by molar-refractivity contribution is 7.22. The Kier molecular flexibility index (Phi) is 3.11. The van der Waals surface area contributed by atoms with Crippen LogP contribution in [0.25, 0.3) is 10.2 Å². The normalized spacial score (nSPS) is 10.8. The van der Waals surface area contributed by atoms with Crippen LogP contribution in [0.2, 0.25) is 0 Å². The third-order valence-corrected chi connectivity index (χ3v) is 3.69. The van der Waals surface area contributed by atoms with Crippen LogP contribution >= 0.6 is 11.3 Å². The Morgan fingerprint density at radius 3 is 3.05 bits per heavy atom. The summed E-state index contributed by atoms with van der Waals surface area (Å²) in [4.78, 5) is 16.3. The molecule has 2 aromatic heterocycles. The monoisotopic (exact) mass is 287 g/mol. The second-order valence-corrected chi connectivity index (χ2v) is 5.51. The zero-order chi connectivity index (χ0) is 14.1. The minimum absolute atomic E-state index is 0.117. The molecule has 2 heterocycles. The number of nitrogen functional groups attached to an aromatic ring is 1. The van der Waals surface area contributed by atoms with Gasteiger partial charge >= 0.3 is 0 Å². The van der Waals surface area contributed by atoms with Gasteiger partial charge in [-0.3, -0.25) is 9.48 Å². The Morgan fingerprint density at radius 2 is 2.30 bits per heavy atom. The number of thiazole rings is 1. The third kappa shape index (κ3) is 2.62. The van der Waals surface area contributed by atoms with E-state index in [1.54, 1.807) is 12.3 Å². The fraction of sp³-hybridized carbons (Fsp3) is 0.154. The van der Waals surface area contributed by atoms with Crippen molar-refractivity contribution in [3.63, 3.8) is 0 Å². The van der Waals surface area contributed by atoms with E-state index >= 15 is 0 Å². The Hall–Kier alpha value is -2.41. The molecule has 0 aliphatic heterocycles. The molecule has 1 aromatic carbocycles. The summed E-state index contributed by atoms with van der Waals surface area (Å²) in [6, 6.07) is 7.65. The van der Waals surface area contributed by atoms with Crippen molar-refractivity contribution in [2.75, 3.05) is 11.1 Å². The molecule has 0 unspecified atom stereocenters. The van der Waals surface area contributed by atoms with Crippen LogP contribution in [0.15, 0.2) is 30.5 Å². The second kappa shape index (κ2) is 4.93. The van der Waals surface area contributed by atoms with Gasteiger partial charge in [0.05, 0.1) is 10.2 Å². The highest BCUT2D eigenvalue weighted by Gasteiger charge is 2.09. The van der Waals surface area contributed by atoms with Gasteiger partial charge in [-0.05, 0) is 30.7 Å². The van der Waals surface area contributed by atoms with Crippen LogP contribution in [-0.4, -0.2) is 20.7 Å². The first-order chi connectivity index (χ1) is 9.60. The molecular weight excluding hydrogens is 274 g/mol. The number of benzene rings is 1. The minimum Gasteiger partial charge on any atom is -0.382 e. The average molecular weight is 287 g/mol. The predicted molar refractivity (Wildman–Crippen MR) is 79.6 cm³/mol. The zero-order valence-electron chi connectivity index (χ0n) is 10.8. The minimum atomic E-state index is -0.177. The first kappa shape index (κ1) is 12.6. The molecule has 102 valence electrons. The number of aromatic nitrogens is 3. The summed E-state index contributed by atoms with van der Waals surface area (Å²) in [5.41, 5.74) is 7.56. The lowest BCUT2D eigenvalue weighted by molar-refractivity contribution is -0.116. The molecule has 1 amide bonds. The number of nitrogens with two attached hydrogens (primary N) is 1. The lowest BCUT2D eigenvalue weighted by atomic mass is 10.2. The summed E-state index contributed by atoms with van der Waals surface area (Å²) < 4.78 is 2.55. The van der Waals surface area contributed by atoms with E-state index in [9.17, 15) is 4.79 Å². The number of carbonyl (C=O) groups excluding carboxylic acids is 1. The number of hydrogen-bond donors (Lipinski definition) is 2. The van der Waals surface area contributed by atoms with Gasteiger partial charge in [-0.15, -0.1) is 0 Å². The number of nitrogens with one attached hydrogen (secondary N) is 1. The van der Waals surface area contributed by atoms with Gasteiger partial charge in [0.25, 0.3) is 0 Å². The number of fused-ring (bicyclic) bond motifs is 1. The number of carbonyl (C=O) groups is 1. The average Bonchev–Trinajstić information content (AvgIpc) is 2.94. The fourth-order valence-electron chi connectivity index (χ4n) is 1.86. The van der Waals surface area contributed by atoms with Gasteiger partial charge in [0.1, 0.15) is 12.4 Å². The van der Waals surface area contributed by atoms with E-state index in [0.29, 0.717) is 10.9 Å². The molecule has 0 aliphatic carbocycles. The van der Waals surface area contributed by atoms with Crippen molar-refractivity contribution in [3.05, 3.63) is 36.0 Å². The van der Waals surface area contributed by atoms with Crippen molar-refractivity contribution in [1.82, 2.24) is 14.8 Å². The predicted octanol–water partition coefficient (Wildman–Crippen LogP) is 2.02. The van der Waals surface area contributed by atoms with E-state index in [1.807, 2.05) is 19.1 Å². The number of rotatable bonds is 3. The Morgan fingerprint density at radius 1 is 1.45 bits per heavy atom. The van der Waals surface area contributed by atoms with Crippen LogP contribution in [0.1, 0.15) is 5.56 Å².